The molecule has 0 saturated carbocycles. The van der Waals surface area contributed by atoms with Gasteiger partial charge in [0.15, 0.2) is 0 Å². The summed E-state index contributed by atoms with van der Waals surface area (Å²) >= 11 is 0. The predicted octanol–water partition coefficient (Wildman–Crippen LogP) is 7.93. The molecule has 0 saturated heterocycles. The van der Waals surface area contributed by atoms with Crippen LogP contribution in [-0.4, -0.2) is 10.2 Å². The fourth-order valence-corrected chi connectivity index (χ4v) is 4.83. The van der Waals surface area contributed by atoms with Gasteiger partial charge in [-0.1, -0.05) is 93.1 Å². The second-order valence-electron chi connectivity index (χ2n) is 8.38. The van der Waals surface area contributed by atoms with Crippen molar-refractivity contribution in [1.29, 1.82) is 0 Å². The van der Waals surface area contributed by atoms with E-state index in [9.17, 15) is 10.2 Å². The van der Waals surface area contributed by atoms with Gasteiger partial charge >= 0.3 is 0 Å². The Morgan fingerprint density at radius 3 is 1.41 bits per heavy atom. The third kappa shape index (κ3) is 4.01. The van der Waals surface area contributed by atoms with E-state index in [-0.39, 0.29) is 16.9 Å². The van der Waals surface area contributed by atoms with Crippen LogP contribution in [-0.2, 0) is 5.41 Å². The Morgan fingerprint density at radius 2 is 1.03 bits per heavy atom. The first kappa shape index (κ1) is 21.7. The van der Waals surface area contributed by atoms with E-state index in [4.69, 9.17) is 0 Å². The maximum absolute atomic E-state index is 10.6. The van der Waals surface area contributed by atoms with E-state index in [1.807, 2.05) is 72.8 Å². The highest BCUT2D eigenvalue weighted by atomic mass is 16.3. The highest BCUT2D eigenvalue weighted by Gasteiger charge is 2.33. The molecule has 0 amide bonds. The third-order valence-electron chi connectivity index (χ3n) is 6.55. The lowest BCUT2D eigenvalue weighted by atomic mass is 9.68. The molecule has 2 N–H and O–H groups in total. The molecule has 2 nitrogen and oxygen atoms in total. The Hall–Kier alpha value is -3.52. The summed E-state index contributed by atoms with van der Waals surface area (Å²) in [6, 6.07) is 32.1. The molecule has 4 rings (SSSR count). The lowest BCUT2D eigenvalue weighted by Crippen LogP contribution is -2.27. The first-order valence-corrected chi connectivity index (χ1v) is 11.4. The number of phenols is 2. The quantitative estimate of drug-likeness (QED) is 0.317. The van der Waals surface area contributed by atoms with Crippen molar-refractivity contribution in [2.75, 3.05) is 0 Å². The second kappa shape index (κ2) is 9.32. The molecule has 0 fully saturated rings. The lowest BCUT2D eigenvalue weighted by Gasteiger charge is -2.35. The van der Waals surface area contributed by atoms with Crippen LogP contribution >= 0.6 is 0 Å². The zero-order valence-corrected chi connectivity index (χ0v) is 18.8. The molecule has 4 aromatic carbocycles. The van der Waals surface area contributed by atoms with E-state index >= 15 is 0 Å². The SMILES string of the molecule is CCCC(CC)(c1ccc(O)c(-c2ccccc2)c1)c1ccc(O)c(-c2ccccc2)c1. The van der Waals surface area contributed by atoms with E-state index in [1.54, 1.807) is 0 Å². The molecule has 0 bridgehead atoms. The van der Waals surface area contributed by atoms with Crippen LogP contribution in [0.4, 0.5) is 0 Å². The maximum Gasteiger partial charge on any atom is 0.123 e. The van der Waals surface area contributed by atoms with Gasteiger partial charge in [-0.15, -0.1) is 0 Å². The molecule has 162 valence electrons. The minimum Gasteiger partial charge on any atom is -0.507 e. The van der Waals surface area contributed by atoms with Gasteiger partial charge in [-0.2, -0.15) is 0 Å². The van der Waals surface area contributed by atoms with Crippen LogP contribution in [0.3, 0.4) is 0 Å². The van der Waals surface area contributed by atoms with Gasteiger partial charge in [0.05, 0.1) is 0 Å². The van der Waals surface area contributed by atoms with E-state index in [0.717, 1.165) is 41.5 Å². The van der Waals surface area contributed by atoms with Crippen molar-refractivity contribution in [3.05, 3.63) is 108 Å². The molecule has 32 heavy (non-hydrogen) atoms. The highest BCUT2D eigenvalue weighted by molar-refractivity contribution is 5.73. The Labute approximate surface area is 190 Å². The summed E-state index contributed by atoms with van der Waals surface area (Å²) in [6.07, 6.45) is 2.91. The molecule has 0 aromatic heterocycles. The van der Waals surface area contributed by atoms with Gasteiger partial charge in [-0.05, 0) is 59.4 Å². The summed E-state index contributed by atoms with van der Waals surface area (Å²) in [5.74, 6) is 0.578. The Balaban J connectivity index is 1.90. The monoisotopic (exact) mass is 422 g/mol. The number of aromatic hydroxyl groups is 2. The first-order chi connectivity index (χ1) is 15.6. The molecular weight excluding hydrogens is 392 g/mol. The van der Waals surface area contributed by atoms with Crippen LogP contribution in [0.25, 0.3) is 22.3 Å². The molecule has 0 heterocycles. The van der Waals surface area contributed by atoms with Crippen molar-refractivity contribution in [3.8, 4) is 33.8 Å². The summed E-state index contributed by atoms with van der Waals surface area (Å²) in [5, 5.41) is 21.2. The van der Waals surface area contributed by atoms with Crippen molar-refractivity contribution in [1.82, 2.24) is 0 Å². The van der Waals surface area contributed by atoms with Gasteiger partial charge in [0.25, 0.3) is 0 Å². The van der Waals surface area contributed by atoms with Crippen molar-refractivity contribution in [2.45, 2.75) is 38.5 Å². The minimum absolute atomic E-state index is 0.219. The fourth-order valence-electron chi connectivity index (χ4n) is 4.83. The average molecular weight is 423 g/mol. The van der Waals surface area contributed by atoms with Crippen molar-refractivity contribution in [3.63, 3.8) is 0 Å². The van der Waals surface area contributed by atoms with Crippen molar-refractivity contribution >= 4 is 0 Å². The van der Waals surface area contributed by atoms with Crippen LogP contribution < -0.4 is 0 Å². The maximum atomic E-state index is 10.6. The number of phenolic OH excluding ortho intramolecular Hbond substituents is 2. The zero-order chi connectivity index (χ0) is 22.6. The summed E-state index contributed by atoms with van der Waals surface area (Å²) < 4.78 is 0. The van der Waals surface area contributed by atoms with E-state index in [2.05, 4.69) is 38.1 Å². The Kier molecular flexibility index (Phi) is 6.32. The Morgan fingerprint density at radius 1 is 0.594 bits per heavy atom. The number of hydrogen-bond acceptors (Lipinski definition) is 2. The molecule has 0 atom stereocenters. The van der Waals surface area contributed by atoms with Crippen LogP contribution in [0.2, 0.25) is 0 Å². The summed E-state index contributed by atoms with van der Waals surface area (Å²) in [4.78, 5) is 0. The molecular formula is C30H30O2. The predicted molar refractivity (Wildman–Crippen MR) is 133 cm³/mol. The van der Waals surface area contributed by atoms with Gasteiger partial charge in [-0.3, -0.25) is 0 Å². The molecule has 0 aliphatic carbocycles. The lowest BCUT2D eigenvalue weighted by molar-refractivity contribution is 0.444. The number of rotatable bonds is 7. The third-order valence-corrected chi connectivity index (χ3v) is 6.55. The first-order valence-electron chi connectivity index (χ1n) is 11.4. The fraction of sp³-hybridized carbons (Fsp3) is 0.200. The number of benzene rings is 4. The van der Waals surface area contributed by atoms with Gasteiger partial charge in [-0.25, -0.2) is 0 Å². The van der Waals surface area contributed by atoms with E-state index in [0.29, 0.717) is 0 Å². The highest BCUT2D eigenvalue weighted by Crippen LogP contribution is 2.45. The van der Waals surface area contributed by atoms with E-state index < -0.39 is 0 Å². The zero-order valence-electron chi connectivity index (χ0n) is 18.8. The molecule has 0 aliphatic heterocycles. The standard InChI is InChI=1S/C30H30O2/c1-3-19-30(4-2,24-15-17-28(31)26(20-24)22-11-7-5-8-12-22)25-16-18-29(32)27(21-25)23-13-9-6-10-14-23/h5-18,20-21,31-32H,3-4,19H2,1-2H3. The molecule has 4 aromatic rings. The van der Waals surface area contributed by atoms with Crippen molar-refractivity contribution in [2.24, 2.45) is 0 Å². The van der Waals surface area contributed by atoms with Gasteiger partial charge in [0.2, 0.25) is 0 Å². The summed E-state index contributed by atoms with van der Waals surface area (Å²) in [6.45, 7) is 4.43. The Bertz CT molecular complexity index is 1090. The molecule has 2 heteroatoms. The van der Waals surface area contributed by atoms with E-state index in [1.165, 1.54) is 11.1 Å². The minimum atomic E-state index is -0.219. The second-order valence-corrected chi connectivity index (χ2v) is 8.38. The van der Waals surface area contributed by atoms with Crippen LogP contribution in [0.5, 0.6) is 11.5 Å². The normalized spacial score (nSPS) is 11.4. The summed E-state index contributed by atoms with van der Waals surface area (Å²) in [5.41, 5.74) is 5.85. The molecule has 0 aliphatic rings. The van der Waals surface area contributed by atoms with Gasteiger partial charge < -0.3 is 10.2 Å². The summed E-state index contributed by atoms with van der Waals surface area (Å²) in [7, 11) is 0. The molecule has 0 spiro atoms. The van der Waals surface area contributed by atoms with Gasteiger partial charge in [0, 0.05) is 16.5 Å². The topological polar surface area (TPSA) is 40.5 Å². The van der Waals surface area contributed by atoms with Crippen LogP contribution in [0.15, 0.2) is 97.1 Å². The van der Waals surface area contributed by atoms with Crippen LogP contribution in [0.1, 0.15) is 44.2 Å². The largest absolute Gasteiger partial charge is 0.507 e. The number of hydrogen-bond donors (Lipinski definition) is 2. The molecule has 0 radical (unpaired) electrons. The van der Waals surface area contributed by atoms with Gasteiger partial charge in [0.1, 0.15) is 11.5 Å². The van der Waals surface area contributed by atoms with Crippen LogP contribution in [0, 0.1) is 0 Å². The van der Waals surface area contributed by atoms with Crippen molar-refractivity contribution < 1.29 is 10.2 Å². The smallest absolute Gasteiger partial charge is 0.123 e. The molecule has 0 unspecified atom stereocenters. The average Bonchev–Trinajstić information content (AvgIpc) is 2.84.